The Balaban J connectivity index is 2.12. The summed E-state index contributed by atoms with van der Waals surface area (Å²) in [6.45, 7) is 0. The highest BCUT2D eigenvalue weighted by atomic mass is 16.7. The van der Waals surface area contributed by atoms with E-state index in [2.05, 4.69) is 0 Å². The largest absolute Gasteiger partial charge is 0.462 e. The zero-order chi connectivity index (χ0) is 11.0. The van der Waals surface area contributed by atoms with Crippen LogP contribution in [0.15, 0.2) is 0 Å². The van der Waals surface area contributed by atoms with Gasteiger partial charge in [0.1, 0.15) is 6.10 Å². The molecule has 1 saturated heterocycles. The van der Waals surface area contributed by atoms with Crippen LogP contribution in [-0.2, 0) is 19.0 Å². The van der Waals surface area contributed by atoms with Crippen molar-refractivity contribution in [1.82, 2.24) is 0 Å². The van der Waals surface area contributed by atoms with Gasteiger partial charge in [-0.2, -0.15) is 0 Å². The number of hydrogen-bond acceptors (Lipinski definition) is 5. The van der Waals surface area contributed by atoms with Crippen molar-refractivity contribution in [2.75, 3.05) is 14.2 Å². The van der Waals surface area contributed by atoms with E-state index < -0.39 is 12.4 Å². The van der Waals surface area contributed by atoms with E-state index in [0.29, 0.717) is 12.8 Å². The summed E-state index contributed by atoms with van der Waals surface area (Å²) < 4.78 is 15.4. The van der Waals surface area contributed by atoms with E-state index in [0.717, 1.165) is 0 Å². The lowest BCUT2D eigenvalue weighted by Crippen LogP contribution is -2.35. The number of carbonyl (C=O) groups excluding carboxylic acids is 1. The first-order chi connectivity index (χ1) is 7.17. The van der Waals surface area contributed by atoms with E-state index in [9.17, 15) is 9.90 Å². The van der Waals surface area contributed by atoms with Crippen LogP contribution in [-0.4, -0.2) is 43.8 Å². The summed E-state index contributed by atoms with van der Waals surface area (Å²) in [7, 11) is 3.07. The number of methoxy groups -OCH3 is 2. The minimum absolute atomic E-state index is 0.0254. The lowest BCUT2D eigenvalue weighted by atomic mass is 9.91. The van der Waals surface area contributed by atoms with E-state index >= 15 is 0 Å². The second kappa shape index (κ2) is 4.08. The van der Waals surface area contributed by atoms with Crippen molar-refractivity contribution in [1.29, 1.82) is 0 Å². The Bertz CT molecular complexity index is 250. The Morgan fingerprint density at radius 1 is 1.47 bits per heavy atom. The second-order valence-corrected chi connectivity index (χ2v) is 4.12. The molecular weight excluding hydrogens is 200 g/mol. The molecule has 5 heteroatoms. The first-order valence-corrected chi connectivity index (χ1v) is 5.10. The van der Waals surface area contributed by atoms with Gasteiger partial charge in [-0.05, 0) is 0 Å². The summed E-state index contributed by atoms with van der Waals surface area (Å²) >= 11 is 0. The maximum Gasteiger partial charge on any atom is 0.306 e. The molecule has 0 unspecified atom stereocenters. The van der Waals surface area contributed by atoms with Gasteiger partial charge in [0.25, 0.3) is 0 Å². The van der Waals surface area contributed by atoms with Crippen LogP contribution >= 0.6 is 0 Å². The number of rotatable bonds is 3. The summed E-state index contributed by atoms with van der Waals surface area (Å²) in [5, 5.41) is 9.86. The lowest BCUT2D eigenvalue weighted by molar-refractivity contribution is -0.164. The number of esters is 1. The highest BCUT2D eigenvalue weighted by Crippen LogP contribution is 2.43. The Labute approximate surface area is 88.3 Å². The van der Waals surface area contributed by atoms with Gasteiger partial charge in [0, 0.05) is 32.5 Å². The molecule has 0 aromatic carbocycles. The first-order valence-electron chi connectivity index (χ1n) is 5.10. The molecule has 2 aliphatic rings. The van der Waals surface area contributed by atoms with Crippen LogP contribution in [0.2, 0.25) is 0 Å². The summed E-state index contributed by atoms with van der Waals surface area (Å²) in [4.78, 5) is 11.1. The number of carbonyl (C=O) groups is 1. The van der Waals surface area contributed by atoms with Gasteiger partial charge in [-0.25, -0.2) is 0 Å². The van der Waals surface area contributed by atoms with Crippen molar-refractivity contribution in [3.8, 4) is 0 Å². The highest BCUT2D eigenvalue weighted by molar-refractivity contribution is 5.72. The Hall–Kier alpha value is -0.650. The number of aliphatic hydroxyl groups is 1. The van der Waals surface area contributed by atoms with Gasteiger partial charge in [-0.3, -0.25) is 4.79 Å². The molecule has 0 bridgehead atoms. The monoisotopic (exact) mass is 216 g/mol. The summed E-state index contributed by atoms with van der Waals surface area (Å²) in [5.41, 5.74) is 0. The van der Waals surface area contributed by atoms with Gasteiger partial charge in [0.2, 0.25) is 0 Å². The zero-order valence-corrected chi connectivity index (χ0v) is 8.88. The van der Waals surface area contributed by atoms with Crippen LogP contribution in [0, 0.1) is 11.8 Å². The molecule has 1 aliphatic heterocycles. The molecular formula is C10H16O5. The Morgan fingerprint density at radius 3 is 2.73 bits per heavy atom. The van der Waals surface area contributed by atoms with Gasteiger partial charge in [-0.15, -0.1) is 0 Å². The fraction of sp³-hybridized carbons (Fsp3) is 0.900. The van der Waals surface area contributed by atoms with E-state index in [1.165, 1.54) is 14.2 Å². The normalized spacial score (nSPS) is 39.6. The third kappa shape index (κ3) is 1.75. The molecule has 1 aliphatic carbocycles. The van der Waals surface area contributed by atoms with Crippen LogP contribution in [0.25, 0.3) is 0 Å². The van der Waals surface area contributed by atoms with Crippen LogP contribution in [0.1, 0.15) is 12.8 Å². The Kier molecular flexibility index (Phi) is 2.95. The molecule has 0 radical (unpaired) electrons. The van der Waals surface area contributed by atoms with Crippen molar-refractivity contribution in [2.45, 2.75) is 31.3 Å². The van der Waals surface area contributed by atoms with Crippen molar-refractivity contribution in [3.63, 3.8) is 0 Å². The number of ether oxygens (including phenoxy) is 3. The second-order valence-electron chi connectivity index (χ2n) is 4.12. The van der Waals surface area contributed by atoms with Crippen LogP contribution in [0.3, 0.4) is 0 Å². The minimum atomic E-state index is -0.516. The molecule has 86 valence electrons. The first kappa shape index (κ1) is 10.9. The summed E-state index contributed by atoms with van der Waals surface area (Å²) in [6, 6.07) is 0. The van der Waals surface area contributed by atoms with Gasteiger partial charge in [-0.1, -0.05) is 0 Å². The molecule has 5 nitrogen and oxygen atoms in total. The predicted octanol–water partition coefficient (Wildman–Crippen LogP) is -0.0822. The quantitative estimate of drug-likeness (QED) is 0.528. The van der Waals surface area contributed by atoms with Gasteiger partial charge in [0.15, 0.2) is 6.29 Å². The third-order valence-electron chi connectivity index (χ3n) is 3.35. The lowest BCUT2D eigenvalue weighted by Gasteiger charge is -2.26. The average Bonchev–Trinajstić information content (AvgIpc) is 2.66. The van der Waals surface area contributed by atoms with Crippen molar-refractivity contribution >= 4 is 5.97 Å². The van der Waals surface area contributed by atoms with Crippen molar-refractivity contribution < 1.29 is 24.1 Å². The van der Waals surface area contributed by atoms with Crippen LogP contribution in [0.4, 0.5) is 0 Å². The zero-order valence-electron chi connectivity index (χ0n) is 8.88. The highest BCUT2D eigenvalue weighted by Gasteiger charge is 2.52. The molecule has 15 heavy (non-hydrogen) atoms. The number of aliphatic hydroxyl groups excluding tert-OH is 1. The van der Waals surface area contributed by atoms with Crippen molar-refractivity contribution in [3.05, 3.63) is 0 Å². The molecule has 0 amide bonds. The number of fused-ring (bicyclic) bond motifs is 1. The van der Waals surface area contributed by atoms with Crippen LogP contribution in [0.5, 0.6) is 0 Å². The summed E-state index contributed by atoms with van der Waals surface area (Å²) in [6.07, 6.45) is -0.298. The molecule has 1 N–H and O–H groups in total. The van der Waals surface area contributed by atoms with Gasteiger partial charge >= 0.3 is 5.97 Å². The van der Waals surface area contributed by atoms with Crippen LogP contribution < -0.4 is 0 Å². The molecule has 0 spiro atoms. The molecule has 2 rings (SSSR count). The SMILES string of the molecule is COC(OC)[C@@H]1[C@H]2CC(=O)O[C@H]2C[C@H]1O. The average molecular weight is 216 g/mol. The Morgan fingerprint density at radius 2 is 2.13 bits per heavy atom. The number of hydrogen-bond donors (Lipinski definition) is 1. The topological polar surface area (TPSA) is 65.0 Å². The predicted molar refractivity (Wildman–Crippen MR) is 49.9 cm³/mol. The molecule has 0 aromatic heterocycles. The maximum atomic E-state index is 11.1. The standard InChI is InChI=1S/C10H16O5/c1-13-10(14-2)9-5-3-8(12)15-7(5)4-6(9)11/h5-7,9-11H,3-4H2,1-2H3/t5-,6+,7-,9+/m0/s1. The molecule has 4 atom stereocenters. The minimum Gasteiger partial charge on any atom is -0.462 e. The van der Waals surface area contributed by atoms with E-state index in [1.807, 2.05) is 0 Å². The van der Waals surface area contributed by atoms with E-state index in [4.69, 9.17) is 14.2 Å². The molecule has 1 saturated carbocycles. The van der Waals surface area contributed by atoms with E-state index in [1.54, 1.807) is 0 Å². The summed E-state index contributed by atoms with van der Waals surface area (Å²) in [5.74, 6) is -0.332. The van der Waals surface area contributed by atoms with Gasteiger partial charge < -0.3 is 19.3 Å². The smallest absolute Gasteiger partial charge is 0.306 e. The maximum absolute atomic E-state index is 11.1. The van der Waals surface area contributed by atoms with Crippen molar-refractivity contribution in [2.24, 2.45) is 11.8 Å². The molecule has 0 aromatic rings. The fourth-order valence-electron chi connectivity index (χ4n) is 2.71. The van der Waals surface area contributed by atoms with Gasteiger partial charge in [0.05, 0.1) is 12.5 Å². The third-order valence-corrected chi connectivity index (χ3v) is 3.35. The molecule has 1 heterocycles. The fourth-order valence-corrected chi connectivity index (χ4v) is 2.71. The van der Waals surface area contributed by atoms with E-state index in [-0.39, 0.29) is 23.9 Å². The molecule has 2 fully saturated rings.